The molecule has 0 aromatic rings. The summed E-state index contributed by atoms with van der Waals surface area (Å²) in [6.07, 6.45) is 85.1. The lowest BCUT2D eigenvalue weighted by molar-refractivity contribution is -0.143. The Balaban J connectivity index is 3.38. The second-order valence-electron chi connectivity index (χ2n) is 24.6. The molecule has 0 bridgehead atoms. The van der Waals surface area contributed by atoms with Crippen molar-refractivity contribution in [2.45, 2.75) is 411 Å². The number of amides is 1. The smallest absolute Gasteiger partial charge is 0.305 e. The minimum absolute atomic E-state index is 0.0167. The molecule has 1 amide bonds. The molecule has 0 spiro atoms. The number of aliphatic hydroxyl groups is 2. The highest BCUT2D eigenvalue weighted by atomic mass is 16.5. The van der Waals surface area contributed by atoms with Crippen LogP contribution in [-0.4, -0.2) is 47.4 Å². The van der Waals surface area contributed by atoms with Crippen LogP contribution in [0.2, 0.25) is 0 Å². The number of aliphatic hydroxyl groups excluding tert-OH is 2. The van der Waals surface area contributed by atoms with Gasteiger partial charge in [-0.25, -0.2) is 0 Å². The van der Waals surface area contributed by atoms with E-state index in [4.69, 9.17) is 4.74 Å². The zero-order valence-electron chi connectivity index (χ0n) is 52.9. The summed E-state index contributed by atoms with van der Waals surface area (Å²) >= 11 is 0. The number of hydrogen-bond donors (Lipinski definition) is 3. The maximum atomic E-state index is 12.5. The quantitative estimate of drug-likeness (QED) is 0.0320. The molecule has 0 rings (SSSR count). The zero-order chi connectivity index (χ0) is 56.4. The third-order valence-electron chi connectivity index (χ3n) is 16.8. The van der Waals surface area contributed by atoms with Crippen molar-refractivity contribution in [2.75, 3.05) is 13.2 Å². The number of allylic oxidation sites excluding steroid dienone is 4. The average Bonchev–Trinajstić information content (AvgIpc) is 3.44. The van der Waals surface area contributed by atoms with Gasteiger partial charge in [0.2, 0.25) is 5.91 Å². The molecule has 462 valence electrons. The van der Waals surface area contributed by atoms with Crippen molar-refractivity contribution in [1.29, 1.82) is 0 Å². The van der Waals surface area contributed by atoms with E-state index in [1.54, 1.807) is 0 Å². The van der Waals surface area contributed by atoms with Crippen molar-refractivity contribution >= 4 is 11.9 Å². The number of hydrogen-bond acceptors (Lipinski definition) is 5. The monoisotopic (exact) mass is 1100 g/mol. The summed E-state index contributed by atoms with van der Waals surface area (Å²) in [5.74, 6) is -0.0165. The number of esters is 1. The molecule has 6 heteroatoms. The van der Waals surface area contributed by atoms with Crippen molar-refractivity contribution in [3.8, 4) is 0 Å². The molecule has 0 aliphatic carbocycles. The van der Waals surface area contributed by atoms with Crippen molar-refractivity contribution < 1.29 is 24.5 Å². The van der Waals surface area contributed by atoms with Gasteiger partial charge < -0.3 is 20.3 Å². The molecule has 0 aliphatic heterocycles. The van der Waals surface area contributed by atoms with Gasteiger partial charge in [0, 0.05) is 12.8 Å². The first kappa shape index (κ1) is 76.3. The Kier molecular flexibility index (Phi) is 66.4. The Bertz CT molecular complexity index is 1220. The molecule has 2 atom stereocenters. The number of carbonyl (C=O) groups is 2. The fourth-order valence-electron chi connectivity index (χ4n) is 11.3. The molecule has 0 aromatic heterocycles. The van der Waals surface area contributed by atoms with Gasteiger partial charge in [-0.2, -0.15) is 0 Å². The maximum Gasteiger partial charge on any atom is 0.305 e. The van der Waals surface area contributed by atoms with E-state index in [9.17, 15) is 19.8 Å². The molecule has 0 saturated heterocycles. The average molecular weight is 1100 g/mol. The van der Waals surface area contributed by atoms with Crippen LogP contribution >= 0.6 is 0 Å². The van der Waals surface area contributed by atoms with Gasteiger partial charge in [-0.05, 0) is 57.8 Å². The molecule has 0 heterocycles. The van der Waals surface area contributed by atoms with Gasteiger partial charge >= 0.3 is 5.97 Å². The van der Waals surface area contributed by atoms with E-state index in [0.717, 1.165) is 44.9 Å². The van der Waals surface area contributed by atoms with Gasteiger partial charge in [-0.3, -0.25) is 9.59 Å². The van der Waals surface area contributed by atoms with Crippen LogP contribution in [0.4, 0.5) is 0 Å². The van der Waals surface area contributed by atoms with Gasteiger partial charge in [0.1, 0.15) is 0 Å². The van der Waals surface area contributed by atoms with Crippen LogP contribution in [0.3, 0.4) is 0 Å². The lowest BCUT2D eigenvalue weighted by Gasteiger charge is -2.22. The SMILES string of the molecule is CCCCCCCCCCCCCCCCCCCC(=O)OCCCCCCCCCCC/C=C\C/C=C\CCCCCCCCCCCCCCCC(=O)NC(CO)C(O)CCCCCCCCCCCCCCCCC. The molecule has 78 heavy (non-hydrogen) atoms. The van der Waals surface area contributed by atoms with Crippen molar-refractivity contribution in [1.82, 2.24) is 5.32 Å². The Morgan fingerprint density at radius 2 is 0.641 bits per heavy atom. The summed E-state index contributed by atoms with van der Waals surface area (Å²) in [4.78, 5) is 24.6. The maximum absolute atomic E-state index is 12.5. The molecule has 0 aliphatic rings. The van der Waals surface area contributed by atoms with E-state index in [0.29, 0.717) is 25.9 Å². The molecule has 0 fully saturated rings. The Labute approximate surface area is 488 Å². The van der Waals surface area contributed by atoms with Crippen LogP contribution in [0, 0.1) is 0 Å². The predicted octanol–water partition coefficient (Wildman–Crippen LogP) is 22.9. The third kappa shape index (κ3) is 63.5. The van der Waals surface area contributed by atoms with E-state index >= 15 is 0 Å². The Morgan fingerprint density at radius 1 is 0.359 bits per heavy atom. The van der Waals surface area contributed by atoms with E-state index < -0.39 is 12.1 Å². The highest BCUT2D eigenvalue weighted by Gasteiger charge is 2.20. The minimum atomic E-state index is -0.665. The molecular formula is C72H139NO5. The molecule has 6 nitrogen and oxygen atoms in total. The van der Waals surface area contributed by atoms with E-state index in [1.807, 2.05) is 0 Å². The largest absolute Gasteiger partial charge is 0.466 e. The van der Waals surface area contributed by atoms with Crippen LogP contribution in [0.25, 0.3) is 0 Å². The lowest BCUT2D eigenvalue weighted by atomic mass is 10.0. The first-order chi connectivity index (χ1) is 38.5. The second kappa shape index (κ2) is 67.8. The first-order valence-electron chi connectivity index (χ1n) is 35.6. The zero-order valence-corrected chi connectivity index (χ0v) is 52.9. The van der Waals surface area contributed by atoms with Gasteiger partial charge in [0.05, 0.1) is 25.4 Å². The van der Waals surface area contributed by atoms with E-state index in [2.05, 4.69) is 43.5 Å². The third-order valence-corrected chi connectivity index (χ3v) is 16.8. The van der Waals surface area contributed by atoms with Crippen molar-refractivity contribution in [3.63, 3.8) is 0 Å². The second-order valence-corrected chi connectivity index (χ2v) is 24.6. The van der Waals surface area contributed by atoms with Crippen molar-refractivity contribution in [2.24, 2.45) is 0 Å². The fourth-order valence-corrected chi connectivity index (χ4v) is 11.3. The van der Waals surface area contributed by atoms with Crippen LogP contribution in [-0.2, 0) is 14.3 Å². The normalized spacial score (nSPS) is 12.6. The van der Waals surface area contributed by atoms with E-state index in [1.165, 1.54) is 321 Å². The van der Waals surface area contributed by atoms with Crippen LogP contribution in [0.1, 0.15) is 399 Å². The first-order valence-corrected chi connectivity index (χ1v) is 35.6. The number of carbonyl (C=O) groups excluding carboxylic acids is 2. The minimum Gasteiger partial charge on any atom is -0.466 e. The topological polar surface area (TPSA) is 95.9 Å². The van der Waals surface area contributed by atoms with Crippen molar-refractivity contribution in [3.05, 3.63) is 24.3 Å². The van der Waals surface area contributed by atoms with Crippen LogP contribution in [0.5, 0.6) is 0 Å². The van der Waals surface area contributed by atoms with Gasteiger partial charge in [-0.1, -0.05) is 353 Å². The number of nitrogens with one attached hydrogen (secondary N) is 1. The molecular weight excluding hydrogens is 959 g/mol. The number of unbranched alkanes of at least 4 members (excludes halogenated alkanes) is 52. The summed E-state index contributed by atoms with van der Waals surface area (Å²) in [6.45, 7) is 4.99. The van der Waals surface area contributed by atoms with Gasteiger partial charge in [0.25, 0.3) is 0 Å². The number of ether oxygens (including phenoxy) is 1. The van der Waals surface area contributed by atoms with Crippen LogP contribution < -0.4 is 5.32 Å². The van der Waals surface area contributed by atoms with Gasteiger partial charge in [-0.15, -0.1) is 0 Å². The summed E-state index contributed by atoms with van der Waals surface area (Å²) in [5.41, 5.74) is 0. The molecule has 0 saturated carbocycles. The standard InChI is InChI=1S/C72H139NO5/c1-3-5-7-9-11-13-15-17-19-33-38-42-46-50-54-58-62-66-72(77)78-67-63-59-55-51-47-43-39-35-32-30-28-26-24-22-20-21-23-25-27-29-31-34-37-41-45-49-53-57-61-65-71(76)73-69(68-74)70(75)64-60-56-52-48-44-40-36-18-16-14-12-10-8-6-4-2/h20,22,26,28,69-70,74-75H,3-19,21,23-25,27,29-68H2,1-2H3,(H,73,76)/b22-20-,28-26-. The molecule has 3 N–H and O–H groups in total. The van der Waals surface area contributed by atoms with E-state index in [-0.39, 0.29) is 18.5 Å². The lowest BCUT2D eigenvalue weighted by Crippen LogP contribution is -2.45. The summed E-state index contributed by atoms with van der Waals surface area (Å²) in [5, 5.41) is 23.3. The Morgan fingerprint density at radius 3 is 0.974 bits per heavy atom. The number of rotatable bonds is 67. The fraction of sp³-hybridized carbons (Fsp3) is 0.917. The summed E-state index contributed by atoms with van der Waals surface area (Å²) < 4.78 is 5.50. The Hall–Kier alpha value is -1.66. The summed E-state index contributed by atoms with van der Waals surface area (Å²) in [6, 6.07) is -0.542. The molecule has 0 aromatic carbocycles. The molecule has 2 unspecified atom stereocenters. The predicted molar refractivity (Wildman–Crippen MR) is 343 cm³/mol. The van der Waals surface area contributed by atoms with Gasteiger partial charge in [0.15, 0.2) is 0 Å². The van der Waals surface area contributed by atoms with Crippen LogP contribution in [0.15, 0.2) is 24.3 Å². The molecule has 0 radical (unpaired) electrons. The highest BCUT2D eigenvalue weighted by molar-refractivity contribution is 5.76. The highest BCUT2D eigenvalue weighted by Crippen LogP contribution is 2.19. The summed E-state index contributed by atoms with van der Waals surface area (Å²) in [7, 11) is 0.